The summed E-state index contributed by atoms with van der Waals surface area (Å²) in [6.45, 7) is 2.12. The zero-order valence-electron chi connectivity index (χ0n) is 14.2. The van der Waals surface area contributed by atoms with E-state index in [1.54, 1.807) is 7.11 Å². The summed E-state index contributed by atoms with van der Waals surface area (Å²) in [5.74, 6) is 0.631. The van der Waals surface area contributed by atoms with Crippen LogP contribution in [-0.2, 0) is 16.1 Å². The number of methoxy groups -OCH3 is 1. The molecule has 0 unspecified atom stereocenters. The molecule has 2 aliphatic rings. The lowest BCUT2D eigenvalue weighted by molar-refractivity contribution is -0.127. The van der Waals surface area contributed by atoms with Crippen LogP contribution in [0.3, 0.4) is 0 Å². The maximum absolute atomic E-state index is 12.4. The van der Waals surface area contributed by atoms with Crippen LogP contribution in [0.1, 0.15) is 44.2 Å². The molecule has 1 amide bonds. The quantitative estimate of drug-likeness (QED) is 0.845. The Morgan fingerprint density at radius 3 is 2.92 bits per heavy atom. The predicted molar refractivity (Wildman–Crippen MR) is 90.9 cm³/mol. The van der Waals surface area contributed by atoms with Gasteiger partial charge in [0.1, 0.15) is 0 Å². The van der Waals surface area contributed by atoms with E-state index in [2.05, 4.69) is 20.2 Å². The lowest BCUT2D eigenvalue weighted by Gasteiger charge is -2.27. The molecule has 2 fully saturated rings. The Morgan fingerprint density at radius 1 is 1.38 bits per heavy atom. The number of hydrogen-bond donors (Lipinski definition) is 2. The number of carbonyl (C=O) groups excluding carboxylic acids is 1. The summed E-state index contributed by atoms with van der Waals surface area (Å²) in [7, 11) is 1.70. The Kier molecular flexibility index (Phi) is 5.50. The molecular formula is C17H26N4O3. The summed E-state index contributed by atoms with van der Waals surface area (Å²) >= 11 is 0. The summed E-state index contributed by atoms with van der Waals surface area (Å²) < 4.78 is 5.38. The topological polar surface area (TPSA) is 87.3 Å². The molecule has 1 aromatic rings. The fraction of sp³-hybridized carbons (Fsp3) is 0.706. The van der Waals surface area contributed by atoms with Crippen LogP contribution < -0.4 is 15.8 Å². The van der Waals surface area contributed by atoms with Gasteiger partial charge in [-0.3, -0.25) is 14.6 Å². The Hall–Kier alpha value is -1.89. The number of ether oxygens (including phenoxy) is 1. The summed E-state index contributed by atoms with van der Waals surface area (Å²) in [6, 6.07) is 1.46. The number of carbonyl (C=O) groups is 1. The Morgan fingerprint density at radius 2 is 2.17 bits per heavy atom. The van der Waals surface area contributed by atoms with Crippen LogP contribution in [0, 0.1) is 5.92 Å². The Bertz CT molecular complexity index is 625. The zero-order chi connectivity index (χ0) is 16.9. The van der Waals surface area contributed by atoms with Gasteiger partial charge in [0, 0.05) is 32.2 Å². The average molecular weight is 334 g/mol. The molecule has 132 valence electrons. The molecule has 3 rings (SSSR count). The van der Waals surface area contributed by atoms with E-state index in [1.807, 2.05) is 0 Å². The van der Waals surface area contributed by atoms with Gasteiger partial charge >= 0.3 is 0 Å². The van der Waals surface area contributed by atoms with E-state index in [-0.39, 0.29) is 30.0 Å². The molecule has 24 heavy (non-hydrogen) atoms. The number of anilines is 1. The van der Waals surface area contributed by atoms with Crippen molar-refractivity contribution in [1.29, 1.82) is 0 Å². The Balaban J connectivity index is 1.59. The molecule has 1 aromatic heterocycles. The first-order valence-corrected chi connectivity index (χ1v) is 8.81. The lowest BCUT2D eigenvalue weighted by atomic mass is 9.86. The van der Waals surface area contributed by atoms with Crippen LogP contribution >= 0.6 is 0 Å². The standard InChI is InChI=1S/C17H26N4O3/c1-24-14-6-4-5-12(9-14)16(23)18-11-13-10-15(22)20-17(19-13)21-7-2-3-8-21/h10,12,14H,2-9,11H2,1H3,(H,18,23)(H,19,20,22)/t12-,14+/m1/s1. The predicted octanol–water partition coefficient (Wildman–Crippen LogP) is 1.19. The fourth-order valence-electron chi connectivity index (χ4n) is 3.58. The highest BCUT2D eigenvalue weighted by Gasteiger charge is 2.27. The van der Waals surface area contributed by atoms with Gasteiger partial charge in [0.2, 0.25) is 11.9 Å². The lowest BCUT2D eigenvalue weighted by Crippen LogP contribution is -2.35. The second-order valence-electron chi connectivity index (χ2n) is 6.69. The highest BCUT2D eigenvalue weighted by atomic mass is 16.5. The molecule has 2 N–H and O–H groups in total. The first-order chi connectivity index (χ1) is 11.7. The minimum Gasteiger partial charge on any atom is -0.381 e. The van der Waals surface area contributed by atoms with Crippen molar-refractivity contribution in [2.45, 2.75) is 51.2 Å². The van der Waals surface area contributed by atoms with Crippen molar-refractivity contribution in [1.82, 2.24) is 15.3 Å². The van der Waals surface area contributed by atoms with Crippen LogP contribution in [0.2, 0.25) is 0 Å². The van der Waals surface area contributed by atoms with Gasteiger partial charge < -0.3 is 15.0 Å². The van der Waals surface area contributed by atoms with Crippen molar-refractivity contribution in [3.63, 3.8) is 0 Å². The molecule has 0 bridgehead atoms. The zero-order valence-corrected chi connectivity index (χ0v) is 14.2. The number of hydrogen-bond acceptors (Lipinski definition) is 5. The van der Waals surface area contributed by atoms with Gasteiger partial charge in [0.05, 0.1) is 18.3 Å². The molecule has 0 aromatic carbocycles. The van der Waals surface area contributed by atoms with Crippen molar-refractivity contribution in [3.8, 4) is 0 Å². The van der Waals surface area contributed by atoms with Gasteiger partial charge in [-0.2, -0.15) is 0 Å². The second-order valence-corrected chi connectivity index (χ2v) is 6.69. The van der Waals surface area contributed by atoms with Crippen molar-refractivity contribution >= 4 is 11.9 Å². The third-order valence-corrected chi connectivity index (χ3v) is 4.96. The first kappa shape index (κ1) is 17.0. The van der Waals surface area contributed by atoms with E-state index in [0.29, 0.717) is 11.6 Å². The van der Waals surface area contributed by atoms with Crippen molar-refractivity contribution < 1.29 is 9.53 Å². The molecule has 7 nitrogen and oxygen atoms in total. The first-order valence-electron chi connectivity index (χ1n) is 8.81. The average Bonchev–Trinajstić information content (AvgIpc) is 3.14. The van der Waals surface area contributed by atoms with Gasteiger partial charge in [-0.05, 0) is 32.1 Å². The van der Waals surface area contributed by atoms with Gasteiger partial charge in [0.15, 0.2) is 0 Å². The number of amides is 1. The van der Waals surface area contributed by atoms with Crippen LogP contribution in [0.25, 0.3) is 0 Å². The molecule has 2 heterocycles. The number of aromatic nitrogens is 2. The van der Waals surface area contributed by atoms with Gasteiger partial charge in [0.25, 0.3) is 5.56 Å². The number of rotatable bonds is 5. The summed E-state index contributed by atoms with van der Waals surface area (Å²) in [5.41, 5.74) is 0.432. The van der Waals surface area contributed by atoms with Crippen molar-refractivity contribution in [2.75, 3.05) is 25.1 Å². The van der Waals surface area contributed by atoms with E-state index >= 15 is 0 Å². The largest absolute Gasteiger partial charge is 0.381 e. The Labute approximate surface area is 141 Å². The molecule has 0 spiro atoms. The highest BCUT2D eigenvalue weighted by Crippen LogP contribution is 2.26. The van der Waals surface area contributed by atoms with E-state index < -0.39 is 0 Å². The number of aromatic amines is 1. The normalized spacial score (nSPS) is 24.1. The molecule has 2 atom stereocenters. The van der Waals surface area contributed by atoms with E-state index in [0.717, 1.165) is 51.6 Å². The molecule has 7 heteroatoms. The molecule has 1 aliphatic carbocycles. The summed E-state index contributed by atoms with van der Waals surface area (Å²) in [4.78, 5) is 33.6. The number of nitrogens with one attached hydrogen (secondary N) is 2. The number of nitrogens with zero attached hydrogens (tertiary/aromatic N) is 2. The van der Waals surface area contributed by atoms with Crippen LogP contribution in [0.5, 0.6) is 0 Å². The third kappa shape index (κ3) is 4.14. The van der Waals surface area contributed by atoms with Gasteiger partial charge in [-0.1, -0.05) is 6.42 Å². The smallest absolute Gasteiger partial charge is 0.252 e. The second kappa shape index (κ2) is 7.79. The minimum atomic E-state index is -0.173. The van der Waals surface area contributed by atoms with Crippen LogP contribution in [0.15, 0.2) is 10.9 Å². The van der Waals surface area contributed by atoms with Crippen molar-refractivity contribution in [2.24, 2.45) is 5.92 Å². The van der Waals surface area contributed by atoms with Crippen LogP contribution in [0.4, 0.5) is 5.95 Å². The molecule has 0 radical (unpaired) electrons. The fourth-order valence-corrected chi connectivity index (χ4v) is 3.58. The molecular weight excluding hydrogens is 308 g/mol. The minimum absolute atomic E-state index is 0.0104. The maximum Gasteiger partial charge on any atom is 0.252 e. The molecule has 1 saturated carbocycles. The van der Waals surface area contributed by atoms with E-state index in [1.165, 1.54) is 6.07 Å². The molecule has 1 aliphatic heterocycles. The van der Waals surface area contributed by atoms with E-state index in [4.69, 9.17) is 4.74 Å². The SMILES string of the molecule is CO[C@H]1CCC[C@@H](C(=O)NCc2cc(=O)[nH]c(N3CCCC3)n2)C1. The maximum atomic E-state index is 12.4. The van der Waals surface area contributed by atoms with Crippen LogP contribution in [-0.4, -0.2) is 42.2 Å². The van der Waals surface area contributed by atoms with Gasteiger partial charge in [-0.25, -0.2) is 4.98 Å². The molecule has 1 saturated heterocycles. The number of H-pyrrole nitrogens is 1. The van der Waals surface area contributed by atoms with Crippen molar-refractivity contribution in [3.05, 3.63) is 22.1 Å². The highest BCUT2D eigenvalue weighted by molar-refractivity contribution is 5.78. The third-order valence-electron chi connectivity index (χ3n) is 4.96. The summed E-state index contributed by atoms with van der Waals surface area (Å²) in [6.07, 6.45) is 6.11. The van der Waals surface area contributed by atoms with E-state index in [9.17, 15) is 9.59 Å². The summed E-state index contributed by atoms with van der Waals surface area (Å²) in [5, 5.41) is 2.93. The monoisotopic (exact) mass is 334 g/mol. The van der Waals surface area contributed by atoms with Gasteiger partial charge in [-0.15, -0.1) is 0 Å².